The van der Waals surface area contributed by atoms with E-state index < -0.39 is 0 Å². The van der Waals surface area contributed by atoms with Crippen LogP contribution in [-0.2, 0) is 0 Å². The number of pyridine rings is 1. The molecule has 3 aromatic heterocycles. The van der Waals surface area contributed by atoms with Crippen LogP contribution in [0.3, 0.4) is 0 Å². The molecule has 0 saturated heterocycles. The number of hydrogen-bond acceptors (Lipinski definition) is 8. The lowest BCUT2D eigenvalue weighted by Crippen LogP contribution is -2.35. The first-order valence-corrected chi connectivity index (χ1v) is 10.3. The second-order valence-corrected chi connectivity index (χ2v) is 7.89. The van der Waals surface area contributed by atoms with Gasteiger partial charge in [-0.3, -0.25) is 9.98 Å². The van der Waals surface area contributed by atoms with Gasteiger partial charge in [-0.15, -0.1) is 22.7 Å². The van der Waals surface area contributed by atoms with Crippen molar-refractivity contribution in [1.29, 1.82) is 0 Å². The van der Waals surface area contributed by atoms with Crippen molar-refractivity contribution < 1.29 is 0 Å². The predicted octanol–water partition coefficient (Wildman–Crippen LogP) is 3.88. The number of guanidine groups is 1. The van der Waals surface area contributed by atoms with E-state index in [0.717, 1.165) is 52.7 Å². The summed E-state index contributed by atoms with van der Waals surface area (Å²) in [5.41, 5.74) is 4.08. The Hall–Kier alpha value is -2.32. The lowest BCUT2D eigenvalue weighted by Gasteiger charge is -2.14. The molecular formula is C18H20N6S2. The van der Waals surface area contributed by atoms with E-state index in [1.807, 2.05) is 24.6 Å². The first-order valence-electron chi connectivity index (χ1n) is 8.59. The summed E-state index contributed by atoms with van der Waals surface area (Å²) in [7, 11) is 0. The summed E-state index contributed by atoms with van der Waals surface area (Å²) in [6.45, 7) is 6.02. The van der Waals surface area contributed by atoms with Gasteiger partial charge in [-0.05, 0) is 25.0 Å². The molecule has 0 saturated carbocycles. The summed E-state index contributed by atoms with van der Waals surface area (Å²) in [4.78, 5) is 18.3. The Kier molecular flexibility index (Phi) is 4.94. The van der Waals surface area contributed by atoms with Gasteiger partial charge < -0.3 is 10.6 Å². The zero-order valence-electron chi connectivity index (χ0n) is 14.7. The highest BCUT2D eigenvalue weighted by molar-refractivity contribution is 7.14. The molecule has 0 amide bonds. The first-order chi connectivity index (χ1) is 12.7. The van der Waals surface area contributed by atoms with E-state index in [1.165, 1.54) is 5.56 Å². The van der Waals surface area contributed by atoms with Crippen LogP contribution >= 0.6 is 22.7 Å². The lowest BCUT2D eigenvalue weighted by atomic mass is 10.0. The number of anilines is 1. The van der Waals surface area contributed by atoms with Crippen molar-refractivity contribution >= 4 is 33.8 Å². The molecule has 0 radical (unpaired) electrons. The van der Waals surface area contributed by atoms with Crippen LogP contribution in [0.2, 0.25) is 0 Å². The Labute approximate surface area is 160 Å². The molecule has 0 aliphatic carbocycles. The Bertz CT molecular complexity index is 929. The fourth-order valence-electron chi connectivity index (χ4n) is 2.86. The van der Waals surface area contributed by atoms with Crippen molar-refractivity contribution in [2.24, 2.45) is 4.99 Å². The molecule has 6 nitrogen and oxygen atoms in total. The molecule has 4 rings (SSSR count). The molecule has 0 fully saturated rings. The van der Waals surface area contributed by atoms with Crippen molar-refractivity contribution in [1.82, 2.24) is 20.3 Å². The molecule has 4 heterocycles. The summed E-state index contributed by atoms with van der Waals surface area (Å²) in [5, 5.41) is 12.5. The van der Waals surface area contributed by atoms with Crippen LogP contribution in [0.25, 0.3) is 11.4 Å². The fraction of sp³-hybridized carbons (Fsp3) is 0.333. The number of aryl methyl sites for hydroxylation is 1. The molecule has 134 valence electrons. The largest absolute Gasteiger partial charge is 0.356 e. The van der Waals surface area contributed by atoms with E-state index in [0.29, 0.717) is 0 Å². The molecule has 1 aliphatic heterocycles. The van der Waals surface area contributed by atoms with Crippen LogP contribution in [0.4, 0.5) is 5.13 Å². The predicted molar refractivity (Wildman–Crippen MR) is 108 cm³/mol. The molecule has 0 spiro atoms. The van der Waals surface area contributed by atoms with Crippen molar-refractivity contribution in [3.8, 4) is 11.4 Å². The third-order valence-electron chi connectivity index (χ3n) is 4.30. The normalized spacial score (nSPS) is 15.2. The maximum atomic E-state index is 4.82. The molecule has 0 bridgehead atoms. The summed E-state index contributed by atoms with van der Waals surface area (Å²) < 4.78 is 0. The van der Waals surface area contributed by atoms with Crippen molar-refractivity contribution in [2.45, 2.75) is 26.2 Å². The smallest absolute Gasteiger partial charge is 0.197 e. The molecule has 1 unspecified atom stereocenters. The number of aromatic nitrogens is 3. The monoisotopic (exact) mass is 384 g/mol. The van der Waals surface area contributed by atoms with Crippen LogP contribution in [0, 0.1) is 6.92 Å². The number of nitrogens with one attached hydrogen (secondary N) is 2. The second-order valence-electron chi connectivity index (χ2n) is 6.14. The zero-order chi connectivity index (χ0) is 17.9. The Morgan fingerprint density at radius 1 is 1.19 bits per heavy atom. The van der Waals surface area contributed by atoms with Crippen LogP contribution in [0.15, 0.2) is 34.1 Å². The summed E-state index contributed by atoms with van der Waals surface area (Å²) in [6.07, 6.45) is 2.90. The summed E-state index contributed by atoms with van der Waals surface area (Å²) in [5.74, 6) is 1.02. The van der Waals surface area contributed by atoms with Gasteiger partial charge in [0.15, 0.2) is 11.1 Å². The Balaban J connectivity index is 1.51. The van der Waals surface area contributed by atoms with Crippen LogP contribution < -0.4 is 10.6 Å². The van der Waals surface area contributed by atoms with E-state index in [9.17, 15) is 0 Å². The molecule has 26 heavy (non-hydrogen) atoms. The number of thiazole rings is 2. The molecule has 2 N–H and O–H groups in total. The topological polar surface area (TPSA) is 75.1 Å². The number of nitrogens with zero attached hydrogens (tertiary/aromatic N) is 4. The van der Waals surface area contributed by atoms with Gasteiger partial charge in [-0.25, -0.2) is 9.97 Å². The average molecular weight is 385 g/mol. The average Bonchev–Trinajstić information content (AvgIpc) is 3.32. The Morgan fingerprint density at radius 3 is 2.85 bits per heavy atom. The van der Waals surface area contributed by atoms with Gasteiger partial charge >= 0.3 is 0 Å². The third-order valence-corrected chi connectivity index (χ3v) is 6.08. The van der Waals surface area contributed by atoms with Crippen molar-refractivity contribution in [3.63, 3.8) is 0 Å². The van der Waals surface area contributed by atoms with Gasteiger partial charge in [-0.2, -0.15) is 0 Å². The summed E-state index contributed by atoms with van der Waals surface area (Å²) >= 11 is 3.24. The fourth-order valence-corrected chi connectivity index (χ4v) is 4.45. The first kappa shape index (κ1) is 17.1. The van der Waals surface area contributed by atoms with Crippen LogP contribution in [0.5, 0.6) is 0 Å². The Morgan fingerprint density at radius 2 is 2.04 bits per heavy atom. The number of aliphatic imine (C=N–C) groups is 1. The van der Waals surface area contributed by atoms with Gasteiger partial charge in [0.2, 0.25) is 0 Å². The van der Waals surface area contributed by atoms with E-state index >= 15 is 0 Å². The van der Waals surface area contributed by atoms with E-state index in [2.05, 4.69) is 44.0 Å². The van der Waals surface area contributed by atoms with Gasteiger partial charge in [-0.1, -0.05) is 13.0 Å². The highest BCUT2D eigenvalue weighted by Gasteiger charge is 2.17. The van der Waals surface area contributed by atoms with Gasteiger partial charge in [0.05, 0.1) is 0 Å². The number of hydrogen-bond donors (Lipinski definition) is 2. The standard InChI is InChI=1S/C18H20N6S2/c1-11(13-5-3-6-19-12(13)2)16-22-14(9-25-16)15-10-26-18(23-15)24-17-20-7-4-8-21-17/h3,5-6,9-11H,4,7-8H2,1-2H3,(H2,20,21,23,24). The van der Waals surface area contributed by atoms with Gasteiger partial charge in [0.1, 0.15) is 16.4 Å². The van der Waals surface area contributed by atoms with Crippen LogP contribution in [-0.4, -0.2) is 34.0 Å². The second kappa shape index (κ2) is 7.51. The third kappa shape index (κ3) is 3.61. The maximum Gasteiger partial charge on any atom is 0.197 e. The van der Waals surface area contributed by atoms with Crippen LogP contribution in [0.1, 0.15) is 35.5 Å². The van der Waals surface area contributed by atoms with Gasteiger partial charge in [0.25, 0.3) is 0 Å². The molecule has 0 aromatic carbocycles. The van der Waals surface area contributed by atoms with E-state index in [1.54, 1.807) is 22.7 Å². The lowest BCUT2D eigenvalue weighted by molar-refractivity contribution is 0.740. The van der Waals surface area contributed by atoms with Gasteiger partial charge in [0, 0.05) is 41.7 Å². The highest BCUT2D eigenvalue weighted by Crippen LogP contribution is 2.32. The summed E-state index contributed by atoms with van der Waals surface area (Å²) in [6, 6.07) is 4.10. The van der Waals surface area contributed by atoms with Crippen molar-refractivity contribution in [3.05, 3.63) is 45.4 Å². The van der Waals surface area contributed by atoms with Crippen molar-refractivity contribution in [2.75, 3.05) is 18.4 Å². The SMILES string of the molecule is Cc1ncccc1C(C)c1nc(-c2csc(NC3=NCCCN3)n2)cs1. The zero-order valence-corrected chi connectivity index (χ0v) is 16.3. The molecule has 8 heteroatoms. The molecular weight excluding hydrogens is 364 g/mol. The van der Waals surface area contributed by atoms with E-state index in [-0.39, 0.29) is 5.92 Å². The maximum absolute atomic E-state index is 4.82. The molecule has 3 aromatic rings. The quantitative estimate of drug-likeness (QED) is 0.714. The minimum Gasteiger partial charge on any atom is -0.356 e. The minimum atomic E-state index is 0.222. The molecule has 1 atom stereocenters. The van der Waals surface area contributed by atoms with E-state index in [4.69, 9.17) is 4.98 Å². The number of rotatable bonds is 4. The highest BCUT2D eigenvalue weighted by atomic mass is 32.1. The minimum absolute atomic E-state index is 0.222. The molecule has 1 aliphatic rings.